The molecule has 4 rings (SSSR count). The van der Waals surface area contributed by atoms with Gasteiger partial charge in [-0.25, -0.2) is 0 Å². The molecule has 0 bridgehead atoms. The molecule has 0 radical (unpaired) electrons. The van der Waals surface area contributed by atoms with E-state index in [0.29, 0.717) is 18.4 Å². The summed E-state index contributed by atoms with van der Waals surface area (Å²) < 4.78 is 0. The molecule has 182 valence electrons. The summed E-state index contributed by atoms with van der Waals surface area (Å²) in [5, 5.41) is 3.23. The van der Waals surface area contributed by atoms with Gasteiger partial charge in [-0.1, -0.05) is 48.5 Å². The molecule has 34 heavy (non-hydrogen) atoms. The molecule has 2 aliphatic rings. The van der Waals surface area contributed by atoms with Crippen LogP contribution in [0.4, 0.5) is 0 Å². The zero-order valence-electron chi connectivity index (χ0n) is 21.0. The molecule has 0 spiro atoms. The SMILES string of the molecule is Cc1cccc(C)c1C(=O)N1CC2CN(CC[C@H](NC(=O)CN(C)C)c3ccccc3)CC2C1. The van der Waals surface area contributed by atoms with Crippen LogP contribution in [-0.2, 0) is 4.79 Å². The molecule has 2 amide bonds. The van der Waals surface area contributed by atoms with E-state index in [2.05, 4.69) is 27.2 Å². The smallest absolute Gasteiger partial charge is 0.254 e. The normalized spacial score (nSPS) is 21.0. The second kappa shape index (κ2) is 10.7. The Balaban J connectivity index is 1.33. The van der Waals surface area contributed by atoms with Gasteiger partial charge in [0.1, 0.15) is 0 Å². The highest BCUT2D eigenvalue weighted by atomic mass is 16.2. The van der Waals surface area contributed by atoms with Crippen molar-refractivity contribution in [3.63, 3.8) is 0 Å². The van der Waals surface area contributed by atoms with Gasteiger partial charge in [-0.2, -0.15) is 0 Å². The Labute approximate surface area is 203 Å². The van der Waals surface area contributed by atoms with Crippen molar-refractivity contribution in [2.24, 2.45) is 11.8 Å². The predicted octanol–water partition coefficient (Wildman–Crippen LogP) is 3.12. The van der Waals surface area contributed by atoms with Gasteiger partial charge in [-0.3, -0.25) is 9.59 Å². The number of fused-ring (bicyclic) bond motifs is 1. The molecular formula is C28H38N4O2. The molecule has 2 aromatic carbocycles. The highest BCUT2D eigenvalue weighted by molar-refractivity contribution is 5.97. The minimum absolute atomic E-state index is 0.0104. The molecule has 3 atom stereocenters. The van der Waals surface area contributed by atoms with E-state index in [1.165, 1.54) is 0 Å². The van der Waals surface area contributed by atoms with Crippen molar-refractivity contribution in [2.75, 3.05) is 53.4 Å². The summed E-state index contributed by atoms with van der Waals surface area (Å²) in [6.07, 6.45) is 0.883. The number of hydrogen-bond donors (Lipinski definition) is 1. The standard InChI is InChI=1S/C28H38N4O2/c1-20-9-8-10-21(2)27(20)28(34)32-17-23-15-31(16-24(23)18-32)14-13-25(22-11-6-5-7-12-22)29-26(33)19-30(3)4/h5-12,23-25H,13-19H2,1-4H3,(H,29,33)/t23?,24?,25-/m0/s1. The molecule has 2 saturated heterocycles. The van der Waals surface area contributed by atoms with Crippen molar-refractivity contribution in [3.8, 4) is 0 Å². The number of hydrogen-bond acceptors (Lipinski definition) is 4. The van der Waals surface area contributed by atoms with Gasteiger partial charge in [0.05, 0.1) is 12.6 Å². The second-order valence-electron chi connectivity index (χ2n) is 10.3. The number of likely N-dealkylation sites (N-methyl/N-ethyl adjacent to an activating group) is 1. The summed E-state index contributed by atoms with van der Waals surface area (Å²) in [5.41, 5.74) is 4.15. The van der Waals surface area contributed by atoms with Gasteiger partial charge < -0.3 is 20.0 Å². The number of carbonyl (C=O) groups is 2. The number of nitrogens with zero attached hydrogens (tertiary/aromatic N) is 3. The third kappa shape index (κ3) is 5.68. The van der Waals surface area contributed by atoms with E-state index in [-0.39, 0.29) is 17.9 Å². The molecule has 2 unspecified atom stereocenters. The van der Waals surface area contributed by atoms with Gasteiger partial charge in [0.2, 0.25) is 5.91 Å². The number of nitrogens with one attached hydrogen (secondary N) is 1. The maximum absolute atomic E-state index is 13.2. The molecule has 2 aromatic rings. The van der Waals surface area contributed by atoms with Crippen molar-refractivity contribution in [1.29, 1.82) is 0 Å². The summed E-state index contributed by atoms with van der Waals surface area (Å²) in [5.74, 6) is 1.31. The van der Waals surface area contributed by atoms with Crippen LogP contribution in [0.1, 0.15) is 39.5 Å². The monoisotopic (exact) mass is 462 g/mol. The Morgan fingerprint density at radius 1 is 0.941 bits per heavy atom. The van der Waals surface area contributed by atoms with Gasteiger partial charge in [-0.05, 0) is 62.9 Å². The van der Waals surface area contributed by atoms with Gasteiger partial charge in [0, 0.05) is 38.3 Å². The van der Waals surface area contributed by atoms with Gasteiger partial charge in [0.25, 0.3) is 5.91 Å². The van der Waals surface area contributed by atoms with Crippen molar-refractivity contribution in [1.82, 2.24) is 20.0 Å². The van der Waals surface area contributed by atoms with E-state index in [4.69, 9.17) is 0 Å². The Morgan fingerprint density at radius 2 is 1.56 bits per heavy atom. The molecule has 2 fully saturated rings. The topological polar surface area (TPSA) is 55.9 Å². The average Bonchev–Trinajstić information content (AvgIpc) is 3.35. The van der Waals surface area contributed by atoms with Gasteiger partial charge in [-0.15, -0.1) is 0 Å². The molecule has 6 nitrogen and oxygen atoms in total. The summed E-state index contributed by atoms with van der Waals surface area (Å²) in [4.78, 5) is 32.2. The van der Waals surface area contributed by atoms with E-state index < -0.39 is 0 Å². The van der Waals surface area contributed by atoms with Crippen molar-refractivity contribution < 1.29 is 9.59 Å². The second-order valence-corrected chi connectivity index (χ2v) is 10.3. The number of amides is 2. The van der Waals surface area contributed by atoms with Crippen LogP contribution in [-0.4, -0.2) is 79.9 Å². The molecular weight excluding hydrogens is 424 g/mol. The number of aryl methyl sites for hydroxylation is 2. The van der Waals surface area contributed by atoms with E-state index in [0.717, 1.165) is 61.4 Å². The van der Waals surface area contributed by atoms with Crippen molar-refractivity contribution >= 4 is 11.8 Å². The molecule has 2 aliphatic heterocycles. The highest BCUT2D eigenvalue weighted by Crippen LogP contribution is 2.33. The van der Waals surface area contributed by atoms with Crippen molar-refractivity contribution in [3.05, 3.63) is 70.8 Å². The fourth-order valence-corrected chi connectivity index (χ4v) is 5.59. The fourth-order valence-electron chi connectivity index (χ4n) is 5.59. The lowest BCUT2D eigenvalue weighted by atomic mass is 10.0. The molecule has 0 aromatic heterocycles. The number of carbonyl (C=O) groups excluding carboxylic acids is 2. The third-order valence-corrected chi connectivity index (χ3v) is 7.28. The third-order valence-electron chi connectivity index (χ3n) is 7.28. The van der Waals surface area contributed by atoms with Crippen LogP contribution < -0.4 is 5.32 Å². The van der Waals surface area contributed by atoms with E-state index in [1.54, 1.807) is 0 Å². The van der Waals surface area contributed by atoms with E-state index in [1.807, 2.05) is 69.2 Å². The van der Waals surface area contributed by atoms with E-state index in [9.17, 15) is 9.59 Å². The predicted molar refractivity (Wildman–Crippen MR) is 136 cm³/mol. The lowest BCUT2D eigenvalue weighted by molar-refractivity contribution is -0.122. The lowest BCUT2D eigenvalue weighted by Crippen LogP contribution is -2.38. The maximum atomic E-state index is 13.2. The van der Waals surface area contributed by atoms with Crippen LogP contribution >= 0.6 is 0 Å². The fraction of sp³-hybridized carbons (Fsp3) is 0.500. The first-order chi connectivity index (χ1) is 16.3. The molecule has 0 aliphatic carbocycles. The minimum Gasteiger partial charge on any atom is -0.348 e. The highest BCUT2D eigenvalue weighted by Gasteiger charge is 2.42. The van der Waals surface area contributed by atoms with Gasteiger partial charge in [0.15, 0.2) is 0 Å². The van der Waals surface area contributed by atoms with Crippen LogP contribution in [0.25, 0.3) is 0 Å². The Hall–Kier alpha value is -2.70. The van der Waals surface area contributed by atoms with Crippen LogP contribution in [0.2, 0.25) is 0 Å². The average molecular weight is 463 g/mol. The number of likely N-dealkylation sites (tertiary alicyclic amines) is 2. The molecule has 0 saturated carbocycles. The molecule has 1 N–H and O–H groups in total. The Kier molecular flexibility index (Phi) is 7.69. The summed E-state index contributed by atoms with van der Waals surface area (Å²) in [6.45, 7) is 9.12. The zero-order chi connectivity index (χ0) is 24.2. The van der Waals surface area contributed by atoms with Crippen LogP contribution in [0.15, 0.2) is 48.5 Å². The first-order valence-electron chi connectivity index (χ1n) is 12.4. The molecule has 2 heterocycles. The Morgan fingerprint density at radius 3 is 2.15 bits per heavy atom. The number of rotatable bonds is 8. The summed E-state index contributed by atoms with van der Waals surface area (Å²) in [7, 11) is 3.82. The van der Waals surface area contributed by atoms with Gasteiger partial charge >= 0.3 is 0 Å². The largest absolute Gasteiger partial charge is 0.348 e. The van der Waals surface area contributed by atoms with Crippen LogP contribution in [0.5, 0.6) is 0 Å². The minimum atomic E-state index is 0.0104. The van der Waals surface area contributed by atoms with E-state index >= 15 is 0 Å². The summed E-state index contributed by atoms with van der Waals surface area (Å²) in [6, 6.07) is 16.3. The molecule has 6 heteroatoms. The van der Waals surface area contributed by atoms with Crippen molar-refractivity contribution in [2.45, 2.75) is 26.3 Å². The quantitative estimate of drug-likeness (QED) is 0.655. The van der Waals surface area contributed by atoms with Crippen LogP contribution in [0, 0.1) is 25.7 Å². The number of benzene rings is 2. The first kappa shape index (κ1) is 24.4. The Bertz CT molecular complexity index is 972. The van der Waals surface area contributed by atoms with Crippen LogP contribution in [0.3, 0.4) is 0 Å². The first-order valence-corrected chi connectivity index (χ1v) is 12.4. The zero-order valence-corrected chi connectivity index (χ0v) is 21.0. The summed E-state index contributed by atoms with van der Waals surface area (Å²) >= 11 is 0. The lowest BCUT2D eigenvalue weighted by Gasteiger charge is -2.25. The maximum Gasteiger partial charge on any atom is 0.254 e.